The number of halogens is 2. The van der Waals surface area contributed by atoms with Gasteiger partial charge in [0.1, 0.15) is 5.01 Å². The molecule has 22 heavy (non-hydrogen) atoms. The molecule has 0 saturated carbocycles. The standard InChI is InChI=1S/C15H8F2N2O2S/c16-11-3-1-2-9(15(11)17)4-7-14-18-12-8-10(19(20)21)5-6-13(12)22-14/h1-8H. The molecule has 0 fully saturated rings. The molecule has 1 aromatic heterocycles. The Bertz CT molecular complexity index is 906. The summed E-state index contributed by atoms with van der Waals surface area (Å²) in [6.07, 6.45) is 2.97. The van der Waals surface area contributed by atoms with Crippen LogP contribution in [0.3, 0.4) is 0 Å². The van der Waals surface area contributed by atoms with Gasteiger partial charge in [-0.1, -0.05) is 12.1 Å². The van der Waals surface area contributed by atoms with Gasteiger partial charge < -0.3 is 0 Å². The maximum Gasteiger partial charge on any atom is 0.271 e. The predicted octanol–water partition coefficient (Wildman–Crippen LogP) is 4.65. The fraction of sp³-hybridized carbons (Fsp3) is 0. The smallest absolute Gasteiger partial charge is 0.258 e. The van der Waals surface area contributed by atoms with E-state index in [1.54, 1.807) is 12.1 Å². The van der Waals surface area contributed by atoms with Crippen molar-refractivity contribution in [2.45, 2.75) is 0 Å². The second-order valence-corrected chi connectivity index (χ2v) is 5.50. The van der Waals surface area contributed by atoms with Crippen molar-refractivity contribution in [2.75, 3.05) is 0 Å². The molecule has 2 aromatic carbocycles. The van der Waals surface area contributed by atoms with Crippen LogP contribution in [-0.4, -0.2) is 9.91 Å². The zero-order chi connectivity index (χ0) is 15.7. The van der Waals surface area contributed by atoms with Gasteiger partial charge in [-0.2, -0.15) is 0 Å². The highest BCUT2D eigenvalue weighted by Gasteiger charge is 2.09. The quantitative estimate of drug-likeness (QED) is 0.521. The lowest BCUT2D eigenvalue weighted by molar-refractivity contribution is -0.384. The average molecular weight is 318 g/mol. The Morgan fingerprint density at radius 1 is 1.18 bits per heavy atom. The molecule has 3 aromatic rings. The number of thiazole rings is 1. The largest absolute Gasteiger partial charge is 0.271 e. The SMILES string of the molecule is O=[N+]([O-])c1ccc2sc(C=Cc3cccc(F)c3F)nc2c1. The Morgan fingerprint density at radius 2 is 2.00 bits per heavy atom. The summed E-state index contributed by atoms with van der Waals surface area (Å²) < 4.78 is 27.4. The Hall–Kier alpha value is -2.67. The van der Waals surface area contributed by atoms with Crippen LogP contribution < -0.4 is 0 Å². The van der Waals surface area contributed by atoms with E-state index >= 15 is 0 Å². The van der Waals surface area contributed by atoms with E-state index in [0.29, 0.717) is 10.5 Å². The van der Waals surface area contributed by atoms with Crippen LogP contribution in [0.5, 0.6) is 0 Å². The van der Waals surface area contributed by atoms with E-state index in [4.69, 9.17) is 0 Å². The zero-order valence-electron chi connectivity index (χ0n) is 11.0. The molecule has 4 nitrogen and oxygen atoms in total. The van der Waals surface area contributed by atoms with Crippen LogP contribution in [0.15, 0.2) is 36.4 Å². The van der Waals surface area contributed by atoms with Gasteiger partial charge in [-0.3, -0.25) is 10.1 Å². The number of non-ortho nitro benzene ring substituents is 1. The Morgan fingerprint density at radius 3 is 2.77 bits per heavy atom. The number of hydrogen-bond acceptors (Lipinski definition) is 4. The minimum absolute atomic E-state index is 0.0375. The van der Waals surface area contributed by atoms with Crippen LogP contribution in [0.1, 0.15) is 10.6 Å². The molecule has 0 unspecified atom stereocenters. The van der Waals surface area contributed by atoms with Gasteiger partial charge in [0, 0.05) is 17.7 Å². The summed E-state index contributed by atoms with van der Waals surface area (Å²) in [5.41, 5.74) is 0.577. The molecular formula is C15H8F2N2O2S. The molecule has 0 aliphatic heterocycles. The Labute approximate surface area is 127 Å². The number of nitro benzene ring substituents is 1. The van der Waals surface area contributed by atoms with E-state index in [0.717, 1.165) is 10.8 Å². The van der Waals surface area contributed by atoms with Crippen LogP contribution in [0.4, 0.5) is 14.5 Å². The molecule has 0 atom stereocenters. The molecule has 0 aliphatic rings. The van der Waals surface area contributed by atoms with Crippen molar-refractivity contribution >= 4 is 39.4 Å². The summed E-state index contributed by atoms with van der Waals surface area (Å²) in [4.78, 5) is 14.5. The lowest BCUT2D eigenvalue weighted by Gasteiger charge is -1.96. The van der Waals surface area contributed by atoms with E-state index in [-0.39, 0.29) is 11.3 Å². The molecule has 0 N–H and O–H groups in total. The zero-order valence-corrected chi connectivity index (χ0v) is 11.8. The molecule has 0 radical (unpaired) electrons. The van der Waals surface area contributed by atoms with Crippen molar-refractivity contribution in [1.29, 1.82) is 0 Å². The van der Waals surface area contributed by atoms with Crippen LogP contribution in [0.2, 0.25) is 0 Å². The van der Waals surface area contributed by atoms with Gasteiger partial charge in [-0.25, -0.2) is 13.8 Å². The van der Waals surface area contributed by atoms with Crippen molar-refractivity contribution in [3.05, 3.63) is 68.7 Å². The van der Waals surface area contributed by atoms with E-state index in [1.165, 1.54) is 41.7 Å². The molecule has 7 heteroatoms. The number of hydrogen-bond donors (Lipinski definition) is 0. The minimum atomic E-state index is -0.921. The summed E-state index contributed by atoms with van der Waals surface area (Å²) in [5.74, 6) is -1.84. The number of rotatable bonds is 3. The molecule has 0 saturated heterocycles. The van der Waals surface area contributed by atoms with Gasteiger partial charge in [-0.05, 0) is 24.3 Å². The van der Waals surface area contributed by atoms with Crippen molar-refractivity contribution in [1.82, 2.24) is 4.98 Å². The van der Waals surface area contributed by atoms with Gasteiger partial charge in [0.05, 0.1) is 15.1 Å². The second kappa shape index (κ2) is 5.61. The van der Waals surface area contributed by atoms with E-state index < -0.39 is 16.6 Å². The topological polar surface area (TPSA) is 56.0 Å². The van der Waals surface area contributed by atoms with Crippen molar-refractivity contribution < 1.29 is 13.7 Å². The third-order valence-electron chi connectivity index (χ3n) is 2.99. The number of benzene rings is 2. The minimum Gasteiger partial charge on any atom is -0.258 e. The molecule has 110 valence electrons. The third kappa shape index (κ3) is 2.71. The van der Waals surface area contributed by atoms with Crippen molar-refractivity contribution in [3.63, 3.8) is 0 Å². The molecule has 0 bridgehead atoms. The average Bonchev–Trinajstić information content (AvgIpc) is 2.90. The first-order valence-electron chi connectivity index (χ1n) is 6.21. The van der Waals surface area contributed by atoms with Crippen LogP contribution in [-0.2, 0) is 0 Å². The number of aromatic nitrogens is 1. The van der Waals surface area contributed by atoms with Gasteiger partial charge in [0.25, 0.3) is 5.69 Å². The lowest BCUT2D eigenvalue weighted by Crippen LogP contribution is -1.87. The first-order chi connectivity index (χ1) is 10.5. The van der Waals surface area contributed by atoms with E-state index in [2.05, 4.69) is 4.98 Å². The maximum atomic E-state index is 13.5. The van der Waals surface area contributed by atoms with Crippen LogP contribution in [0.25, 0.3) is 22.4 Å². The number of nitro groups is 1. The highest BCUT2D eigenvalue weighted by atomic mass is 32.1. The van der Waals surface area contributed by atoms with Gasteiger partial charge in [0.15, 0.2) is 11.6 Å². The lowest BCUT2D eigenvalue weighted by atomic mass is 10.2. The third-order valence-corrected chi connectivity index (χ3v) is 3.99. The molecule has 0 amide bonds. The van der Waals surface area contributed by atoms with Gasteiger partial charge in [-0.15, -0.1) is 11.3 Å². The Kier molecular flexibility index (Phi) is 3.64. The van der Waals surface area contributed by atoms with E-state index in [9.17, 15) is 18.9 Å². The first-order valence-corrected chi connectivity index (χ1v) is 7.03. The van der Waals surface area contributed by atoms with Crippen LogP contribution >= 0.6 is 11.3 Å². The fourth-order valence-electron chi connectivity index (χ4n) is 1.93. The number of nitrogens with zero attached hydrogens (tertiary/aromatic N) is 2. The molecule has 0 spiro atoms. The monoisotopic (exact) mass is 318 g/mol. The van der Waals surface area contributed by atoms with Crippen molar-refractivity contribution in [2.24, 2.45) is 0 Å². The molecule has 1 heterocycles. The van der Waals surface area contributed by atoms with Crippen LogP contribution in [0, 0.1) is 21.7 Å². The predicted molar refractivity (Wildman–Crippen MR) is 81.6 cm³/mol. The normalized spacial score (nSPS) is 11.4. The van der Waals surface area contributed by atoms with E-state index in [1.807, 2.05) is 0 Å². The summed E-state index contributed by atoms with van der Waals surface area (Å²) in [6, 6.07) is 8.31. The summed E-state index contributed by atoms with van der Waals surface area (Å²) in [6.45, 7) is 0. The first kappa shape index (κ1) is 14.3. The van der Waals surface area contributed by atoms with Gasteiger partial charge >= 0.3 is 0 Å². The van der Waals surface area contributed by atoms with Crippen molar-refractivity contribution in [3.8, 4) is 0 Å². The molecule has 0 aliphatic carbocycles. The maximum absolute atomic E-state index is 13.5. The molecule has 3 rings (SSSR count). The highest BCUT2D eigenvalue weighted by molar-refractivity contribution is 7.19. The summed E-state index contributed by atoms with van der Waals surface area (Å²) in [5, 5.41) is 11.3. The highest BCUT2D eigenvalue weighted by Crippen LogP contribution is 2.27. The van der Waals surface area contributed by atoms with Gasteiger partial charge in [0.2, 0.25) is 0 Å². The second-order valence-electron chi connectivity index (χ2n) is 4.44. The molecular weight excluding hydrogens is 310 g/mol. The Balaban J connectivity index is 1.95. The fourth-order valence-corrected chi connectivity index (χ4v) is 2.78. The number of fused-ring (bicyclic) bond motifs is 1. The summed E-state index contributed by atoms with van der Waals surface area (Å²) in [7, 11) is 0. The summed E-state index contributed by atoms with van der Waals surface area (Å²) >= 11 is 1.31.